The van der Waals surface area contributed by atoms with Crippen molar-refractivity contribution in [3.63, 3.8) is 0 Å². The maximum Gasteiger partial charge on any atom is 0.272 e. The van der Waals surface area contributed by atoms with E-state index in [0.29, 0.717) is 0 Å². The predicted molar refractivity (Wildman–Crippen MR) is 56.6 cm³/mol. The van der Waals surface area contributed by atoms with E-state index in [-0.39, 0.29) is 11.3 Å². The lowest BCUT2D eigenvalue weighted by Gasteiger charge is -2.21. The van der Waals surface area contributed by atoms with Gasteiger partial charge in [-0.25, -0.2) is 17.6 Å². The van der Waals surface area contributed by atoms with Crippen molar-refractivity contribution in [1.29, 1.82) is 0 Å². The highest BCUT2D eigenvalue weighted by molar-refractivity contribution is 5.34. The van der Waals surface area contributed by atoms with Gasteiger partial charge in [0.15, 0.2) is 0 Å². The predicted octanol–water partition coefficient (Wildman–Crippen LogP) is 3.91. The lowest BCUT2D eigenvalue weighted by Crippen LogP contribution is -2.17. The molecule has 0 radical (unpaired) electrons. The molecule has 0 aliphatic carbocycles. The molecule has 0 bridgehead atoms. The molecule has 96 valence electrons. The van der Waals surface area contributed by atoms with Gasteiger partial charge in [-0.3, -0.25) is 0 Å². The standard InChI is InChI=1S/C12H14F4O/c1-12(2,3)11-8(13)4-7(5-9(11)14)17-6-10(15)16/h4-5,10H,6H2,1-3H3. The van der Waals surface area contributed by atoms with Crippen LogP contribution in [-0.4, -0.2) is 13.0 Å². The zero-order chi connectivity index (χ0) is 13.2. The normalized spacial score (nSPS) is 12.0. The maximum absolute atomic E-state index is 13.6. The molecule has 17 heavy (non-hydrogen) atoms. The molecular weight excluding hydrogens is 236 g/mol. The zero-order valence-corrected chi connectivity index (χ0v) is 9.86. The first-order chi connectivity index (χ1) is 7.71. The van der Waals surface area contributed by atoms with E-state index < -0.39 is 30.1 Å². The second-order valence-electron chi connectivity index (χ2n) is 4.71. The number of ether oxygens (including phenoxy) is 1. The average Bonchev–Trinajstić information content (AvgIpc) is 2.11. The van der Waals surface area contributed by atoms with Crippen molar-refractivity contribution in [3.8, 4) is 5.75 Å². The number of rotatable bonds is 3. The first-order valence-electron chi connectivity index (χ1n) is 5.12. The molecule has 1 rings (SSSR count). The molecule has 0 spiro atoms. The van der Waals surface area contributed by atoms with E-state index in [1.807, 2.05) is 0 Å². The summed E-state index contributed by atoms with van der Waals surface area (Å²) < 4.78 is 55.6. The van der Waals surface area contributed by atoms with Crippen LogP contribution in [0.15, 0.2) is 12.1 Å². The van der Waals surface area contributed by atoms with Gasteiger partial charge < -0.3 is 4.74 Å². The molecule has 0 aliphatic heterocycles. The Labute approximate surface area is 97.4 Å². The highest BCUT2D eigenvalue weighted by Gasteiger charge is 2.24. The Morgan fingerprint density at radius 3 is 1.94 bits per heavy atom. The van der Waals surface area contributed by atoms with Gasteiger partial charge in [-0.15, -0.1) is 0 Å². The molecule has 0 saturated carbocycles. The smallest absolute Gasteiger partial charge is 0.272 e. The summed E-state index contributed by atoms with van der Waals surface area (Å²) in [7, 11) is 0. The number of hydrogen-bond donors (Lipinski definition) is 0. The SMILES string of the molecule is CC(C)(C)c1c(F)cc(OCC(F)F)cc1F. The van der Waals surface area contributed by atoms with Crippen molar-refractivity contribution in [3.05, 3.63) is 29.3 Å². The molecular formula is C12H14F4O. The Morgan fingerprint density at radius 2 is 1.59 bits per heavy atom. The zero-order valence-electron chi connectivity index (χ0n) is 9.86. The minimum absolute atomic E-state index is 0.0816. The topological polar surface area (TPSA) is 9.23 Å². The molecule has 0 atom stereocenters. The van der Waals surface area contributed by atoms with Crippen LogP contribution in [0, 0.1) is 11.6 Å². The quantitative estimate of drug-likeness (QED) is 0.739. The van der Waals surface area contributed by atoms with Crippen LogP contribution >= 0.6 is 0 Å². The number of halogens is 4. The van der Waals surface area contributed by atoms with Crippen LogP contribution in [0.2, 0.25) is 0 Å². The van der Waals surface area contributed by atoms with Gasteiger partial charge in [-0.1, -0.05) is 20.8 Å². The van der Waals surface area contributed by atoms with E-state index in [1.54, 1.807) is 20.8 Å². The molecule has 0 saturated heterocycles. The highest BCUT2D eigenvalue weighted by Crippen LogP contribution is 2.30. The summed E-state index contributed by atoms with van der Waals surface area (Å²) in [6.45, 7) is 4.10. The van der Waals surface area contributed by atoms with Crippen molar-refractivity contribution < 1.29 is 22.3 Å². The third-order valence-corrected chi connectivity index (χ3v) is 2.14. The molecule has 0 aliphatic rings. The number of hydrogen-bond acceptors (Lipinski definition) is 1. The molecule has 1 aromatic rings. The average molecular weight is 250 g/mol. The van der Waals surface area contributed by atoms with Crippen molar-refractivity contribution in [1.82, 2.24) is 0 Å². The van der Waals surface area contributed by atoms with E-state index in [9.17, 15) is 17.6 Å². The summed E-state index contributed by atoms with van der Waals surface area (Å²) >= 11 is 0. The number of benzene rings is 1. The van der Waals surface area contributed by atoms with Crippen LogP contribution in [0.25, 0.3) is 0 Å². The van der Waals surface area contributed by atoms with Crippen molar-refractivity contribution >= 4 is 0 Å². The van der Waals surface area contributed by atoms with Gasteiger partial charge in [0, 0.05) is 17.7 Å². The van der Waals surface area contributed by atoms with Gasteiger partial charge in [0.25, 0.3) is 6.43 Å². The molecule has 1 aromatic carbocycles. The minimum Gasteiger partial charge on any atom is -0.487 e. The Balaban J connectivity index is 3.02. The van der Waals surface area contributed by atoms with Crippen LogP contribution in [-0.2, 0) is 5.41 Å². The minimum atomic E-state index is -2.68. The van der Waals surface area contributed by atoms with E-state index in [0.717, 1.165) is 12.1 Å². The Morgan fingerprint density at radius 1 is 1.12 bits per heavy atom. The fraction of sp³-hybridized carbons (Fsp3) is 0.500. The summed E-state index contributed by atoms with van der Waals surface area (Å²) in [6.07, 6.45) is -2.68. The monoisotopic (exact) mass is 250 g/mol. The lowest BCUT2D eigenvalue weighted by atomic mass is 9.86. The molecule has 0 fully saturated rings. The van der Waals surface area contributed by atoms with Crippen LogP contribution in [0.5, 0.6) is 5.75 Å². The highest BCUT2D eigenvalue weighted by atomic mass is 19.3. The third kappa shape index (κ3) is 3.61. The number of alkyl halides is 2. The van der Waals surface area contributed by atoms with Crippen molar-refractivity contribution in [2.75, 3.05) is 6.61 Å². The Kier molecular flexibility index (Phi) is 4.01. The maximum atomic E-state index is 13.6. The van der Waals surface area contributed by atoms with Gasteiger partial charge in [0.05, 0.1) is 0 Å². The molecule has 0 amide bonds. The van der Waals surface area contributed by atoms with Gasteiger partial charge in [0.1, 0.15) is 24.0 Å². The molecule has 5 heteroatoms. The molecule has 0 unspecified atom stereocenters. The lowest BCUT2D eigenvalue weighted by molar-refractivity contribution is 0.0815. The van der Waals surface area contributed by atoms with Crippen LogP contribution in [0.3, 0.4) is 0 Å². The van der Waals surface area contributed by atoms with Gasteiger partial charge in [-0.2, -0.15) is 0 Å². The van der Waals surface area contributed by atoms with Gasteiger partial charge >= 0.3 is 0 Å². The molecule has 0 aromatic heterocycles. The van der Waals surface area contributed by atoms with E-state index in [2.05, 4.69) is 4.74 Å². The summed E-state index contributed by atoms with van der Waals surface area (Å²) in [4.78, 5) is 0. The van der Waals surface area contributed by atoms with E-state index in [1.165, 1.54) is 0 Å². The van der Waals surface area contributed by atoms with Crippen LogP contribution in [0.4, 0.5) is 17.6 Å². The van der Waals surface area contributed by atoms with Gasteiger partial charge in [0.2, 0.25) is 0 Å². The van der Waals surface area contributed by atoms with Crippen LogP contribution in [0.1, 0.15) is 26.3 Å². The Bertz CT molecular complexity index is 373. The van der Waals surface area contributed by atoms with E-state index >= 15 is 0 Å². The van der Waals surface area contributed by atoms with Gasteiger partial charge in [-0.05, 0) is 5.41 Å². The third-order valence-electron chi connectivity index (χ3n) is 2.14. The van der Waals surface area contributed by atoms with Crippen molar-refractivity contribution in [2.45, 2.75) is 32.6 Å². The second kappa shape index (κ2) is 4.94. The summed E-state index contributed by atoms with van der Waals surface area (Å²) in [5.41, 5.74) is -0.781. The fourth-order valence-electron chi connectivity index (χ4n) is 1.51. The molecule has 1 nitrogen and oxygen atoms in total. The molecule has 0 N–H and O–H groups in total. The Hall–Kier alpha value is -1.26. The second-order valence-corrected chi connectivity index (χ2v) is 4.71. The summed E-state index contributed by atoms with van der Waals surface area (Å²) in [5.74, 6) is -1.81. The first kappa shape index (κ1) is 13.8. The summed E-state index contributed by atoms with van der Waals surface area (Å²) in [5, 5.41) is 0. The van der Waals surface area contributed by atoms with Crippen molar-refractivity contribution in [2.24, 2.45) is 0 Å². The summed E-state index contributed by atoms with van der Waals surface area (Å²) in [6, 6.07) is 1.85. The van der Waals surface area contributed by atoms with Crippen LogP contribution < -0.4 is 4.74 Å². The van der Waals surface area contributed by atoms with E-state index in [4.69, 9.17) is 0 Å². The fourth-order valence-corrected chi connectivity index (χ4v) is 1.51. The largest absolute Gasteiger partial charge is 0.487 e. The first-order valence-corrected chi connectivity index (χ1v) is 5.12. The molecule has 0 heterocycles.